The first-order valence-corrected chi connectivity index (χ1v) is 7.81. The maximum absolute atomic E-state index is 12.0. The summed E-state index contributed by atoms with van der Waals surface area (Å²) in [6, 6.07) is 6.91. The fourth-order valence-corrected chi connectivity index (χ4v) is 2.77. The number of amides is 2. The highest BCUT2D eigenvalue weighted by molar-refractivity contribution is 9.10. The lowest BCUT2D eigenvalue weighted by molar-refractivity contribution is -0.145. The monoisotopic (exact) mass is 368 g/mol. The first-order chi connectivity index (χ1) is 10.5. The van der Waals surface area contributed by atoms with Crippen LogP contribution >= 0.6 is 15.9 Å². The average Bonchev–Trinajstić information content (AvgIpc) is 2.52. The summed E-state index contributed by atoms with van der Waals surface area (Å²) in [4.78, 5) is 36.4. The summed E-state index contributed by atoms with van der Waals surface area (Å²) in [5, 5.41) is 11.5. The van der Waals surface area contributed by atoms with Gasteiger partial charge in [0, 0.05) is 23.1 Å². The van der Waals surface area contributed by atoms with Crippen LogP contribution in [0.3, 0.4) is 0 Å². The largest absolute Gasteiger partial charge is 0.481 e. The Balaban J connectivity index is 1.81. The molecule has 1 aromatic rings. The molecule has 1 fully saturated rings. The molecule has 0 radical (unpaired) electrons. The molecule has 1 aliphatic rings. The van der Waals surface area contributed by atoms with Crippen molar-refractivity contribution < 1.29 is 19.5 Å². The van der Waals surface area contributed by atoms with E-state index in [2.05, 4.69) is 21.2 Å². The number of piperidine rings is 1. The molecule has 22 heavy (non-hydrogen) atoms. The highest BCUT2D eigenvalue weighted by Crippen LogP contribution is 2.17. The van der Waals surface area contributed by atoms with Crippen LogP contribution < -0.4 is 5.32 Å². The van der Waals surface area contributed by atoms with Crippen LogP contribution in [-0.4, -0.2) is 47.4 Å². The third-order valence-electron chi connectivity index (χ3n) is 3.68. The zero-order valence-corrected chi connectivity index (χ0v) is 13.5. The highest BCUT2D eigenvalue weighted by Gasteiger charge is 2.26. The van der Waals surface area contributed by atoms with Crippen molar-refractivity contribution in [3.8, 4) is 0 Å². The van der Waals surface area contributed by atoms with Gasteiger partial charge in [0.2, 0.25) is 5.91 Å². The summed E-state index contributed by atoms with van der Waals surface area (Å²) in [6.45, 7) is 0.758. The number of likely N-dealkylation sites (tertiary alicyclic amines) is 1. The molecule has 1 heterocycles. The van der Waals surface area contributed by atoms with Crippen molar-refractivity contribution in [1.29, 1.82) is 0 Å². The van der Waals surface area contributed by atoms with E-state index >= 15 is 0 Å². The summed E-state index contributed by atoms with van der Waals surface area (Å²) in [6.07, 6.45) is 0.918. The van der Waals surface area contributed by atoms with E-state index in [1.807, 2.05) is 6.07 Å². The van der Waals surface area contributed by atoms with Gasteiger partial charge in [-0.25, -0.2) is 0 Å². The molecule has 7 heteroatoms. The van der Waals surface area contributed by atoms with E-state index in [4.69, 9.17) is 5.11 Å². The van der Waals surface area contributed by atoms with Gasteiger partial charge in [-0.15, -0.1) is 0 Å². The van der Waals surface area contributed by atoms with Gasteiger partial charge in [0.1, 0.15) is 0 Å². The molecule has 0 bridgehead atoms. The lowest BCUT2D eigenvalue weighted by Crippen LogP contribution is -2.45. The first kappa shape index (κ1) is 16.5. The van der Waals surface area contributed by atoms with Crippen LogP contribution in [-0.2, 0) is 9.59 Å². The molecule has 0 aliphatic carbocycles. The van der Waals surface area contributed by atoms with E-state index in [1.165, 1.54) is 0 Å². The molecule has 1 aliphatic heterocycles. The minimum atomic E-state index is -0.810. The maximum atomic E-state index is 12.0. The summed E-state index contributed by atoms with van der Waals surface area (Å²) >= 11 is 3.29. The Kier molecular flexibility index (Phi) is 5.54. The van der Waals surface area contributed by atoms with Crippen LogP contribution in [0.1, 0.15) is 23.2 Å². The zero-order valence-electron chi connectivity index (χ0n) is 11.9. The minimum absolute atomic E-state index is 0.0803. The number of hydrogen-bond donors (Lipinski definition) is 2. The predicted octanol–water partition coefficient (Wildman–Crippen LogP) is 1.50. The second kappa shape index (κ2) is 7.40. The Morgan fingerprint density at radius 1 is 1.27 bits per heavy atom. The van der Waals surface area contributed by atoms with Crippen molar-refractivity contribution in [2.24, 2.45) is 5.92 Å². The Hall–Kier alpha value is -1.89. The Bertz CT molecular complexity index is 583. The van der Waals surface area contributed by atoms with Gasteiger partial charge in [-0.1, -0.05) is 22.0 Å². The van der Waals surface area contributed by atoms with E-state index in [-0.39, 0.29) is 24.3 Å². The molecule has 1 saturated heterocycles. The van der Waals surface area contributed by atoms with Gasteiger partial charge in [-0.3, -0.25) is 14.4 Å². The van der Waals surface area contributed by atoms with Gasteiger partial charge in [0.25, 0.3) is 5.91 Å². The van der Waals surface area contributed by atoms with Crippen molar-refractivity contribution in [3.05, 3.63) is 34.3 Å². The zero-order chi connectivity index (χ0) is 16.1. The molecule has 2 N–H and O–H groups in total. The number of nitrogens with zero attached hydrogens (tertiary/aromatic N) is 1. The molecular weight excluding hydrogens is 352 g/mol. The standard InChI is InChI=1S/C15H17BrN2O4/c16-12-3-1-2-11(8-12)14(20)17-9-13(19)18-6-4-10(5-7-18)15(21)22/h1-3,8,10H,4-7,9H2,(H,17,20)(H,21,22). The molecule has 2 amide bonds. The van der Waals surface area contributed by atoms with Gasteiger partial charge < -0.3 is 15.3 Å². The summed E-state index contributed by atoms with van der Waals surface area (Å²) in [5.41, 5.74) is 0.478. The topological polar surface area (TPSA) is 86.7 Å². The number of halogens is 1. The van der Waals surface area contributed by atoms with Crippen molar-refractivity contribution >= 4 is 33.7 Å². The van der Waals surface area contributed by atoms with Gasteiger partial charge in [0.05, 0.1) is 12.5 Å². The Morgan fingerprint density at radius 3 is 2.55 bits per heavy atom. The Morgan fingerprint density at radius 2 is 1.95 bits per heavy atom. The van der Waals surface area contributed by atoms with Gasteiger partial charge in [-0.05, 0) is 31.0 Å². The molecule has 0 unspecified atom stereocenters. The molecule has 0 saturated carbocycles. The number of nitrogens with one attached hydrogen (secondary N) is 1. The fourth-order valence-electron chi connectivity index (χ4n) is 2.38. The van der Waals surface area contributed by atoms with Gasteiger partial charge in [-0.2, -0.15) is 0 Å². The second-order valence-electron chi connectivity index (χ2n) is 5.19. The number of aliphatic carboxylic acids is 1. The minimum Gasteiger partial charge on any atom is -0.481 e. The molecule has 0 aromatic heterocycles. The number of carbonyl (C=O) groups is 3. The second-order valence-corrected chi connectivity index (χ2v) is 6.10. The SMILES string of the molecule is O=C(NCC(=O)N1CCC(C(=O)O)CC1)c1cccc(Br)c1. The number of rotatable bonds is 4. The molecular formula is C15H17BrN2O4. The van der Waals surface area contributed by atoms with E-state index in [9.17, 15) is 14.4 Å². The molecule has 0 atom stereocenters. The van der Waals surface area contributed by atoms with Crippen molar-refractivity contribution in [3.63, 3.8) is 0 Å². The number of carboxylic acid groups (broad SMARTS) is 1. The highest BCUT2D eigenvalue weighted by atomic mass is 79.9. The number of carboxylic acids is 1. The lowest BCUT2D eigenvalue weighted by Gasteiger charge is -2.30. The van der Waals surface area contributed by atoms with E-state index in [1.54, 1.807) is 23.1 Å². The van der Waals surface area contributed by atoms with Crippen molar-refractivity contribution in [1.82, 2.24) is 10.2 Å². The first-order valence-electron chi connectivity index (χ1n) is 7.01. The summed E-state index contributed by atoms with van der Waals surface area (Å²) in [7, 11) is 0. The Labute approximate surface area is 136 Å². The van der Waals surface area contributed by atoms with E-state index in [0.29, 0.717) is 31.5 Å². The van der Waals surface area contributed by atoms with Crippen LogP contribution in [0.15, 0.2) is 28.7 Å². The molecule has 6 nitrogen and oxygen atoms in total. The predicted molar refractivity (Wildman–Crippen MR) is 83.4 cm³/mol. The number of hydrogen-bond acceptors (Lipinski definition) is 3. The van der Waals surface area contributed by atoms with Gasteiger partial charge in [0.15, 0.2) is 0 Å². The van der Waals surface area contributed by atoms with Crippen LogP contribution in [0.25, 0.3) is 0 Å². The third-order valence-corrected chi connectivity index (χ3v) is 4.18. The number of carbonyl (C=O) groups excluding carboxylic acids is 2. The average molecular weight is 369 g/mol. The van der Waals surface area contributed by atoms with Crippen LogP contribution in [0.2, 0.25) is 0 Å². The van der Waals surface area contributed by atoms with E-state index < -0.39 is 5.97 Å². The molecule has 118 valence electrons. The normalized spacial score (nSPS) is 15.4. The quantitative estimate of drug-likeness (QED) is 0.842. The van der Waals surface area contributed by atoms with Crippen LogP contribution in [0, 0.1) is 5.92 Å². The number of benzene rings is 1. The lowest BCUT2D eigenvalue weighted by atomic mass is 9.97. The summed E-state index contributed by atoms with van der Waals surface area (Å²) in [5.74, 6) is -1.68. The third kappa shape index (κ3) is 4.30. The van der Waals surface area contributed by atoms with Crippen molar-refractivity contribution in [2.45, 2.75) is 12.8 Å². The van der Waals surface area contributed by atoms with Gasteiger partial charge >= 0.3 is 5.97 Å². The van der Waals surface area contributed by atoms with Crippen LogP contribution in [0.5, 0.6) is 0 Å². The fraction of sp³-hybridized carbons (Fsp3) is 0.400. The molecule has 1 aromatic carbocycles. The smallest absolute Gasteiger partial charge is 0.306 e. The van der Waals surface area contributed by atoms with E-state index in [0.717, 1.165) is 4.47 Å². The van der Waals surface area contributed by atoms with Crippen molar-refractivity contribution in [2.75, 3.05) is 19.6 Å². The molecule has 0 spiro atoms. The summed E-state index contributed by atoms with van der Waals surface area (Å²) < 4.78 is 0.794. The maximum Gasteiger partial charge on any atom is 0.306 e. The van der Waals surface area contributed by atoms with Crippen LogP contribution in [0.4, 0.5) is 0 Å². The molecule has 2 rings (SSSR count).